The lowest BCUT2D eigenvalue weighted by molar-refractivity contribution is -0.118. The first-order valence-electron chi connectivity index (χ1n) is 9.22. The van der Waals surface area contributed by atoms with Crippen molar-refractivity contribution in [2.24, 2.45) is 5.92 Å². The van der Waals surface area contributed by atoms with Gasteiger partial charge in [0.05, 0.1) is 13.2 Å². The molecule has 0 spiro atoms. The normalized spacial score (nSPS) is 20.4. The second-order valence-corrected chi connectivity index (χ2v) is 7.09. The zero-order valence-electron chi connectivity index (χ0n) is 16.0. The summed E-state index contributed by atoms with van der Waals surface area (Å²) in [7, 11) is 1.57. The van der Waals surface area contributed by atoms with Crippen LogP contribution < -0.4 is 14.8 Å². The Morgan fingerprint density at radius 3 is 2.65 bits per heavy atom. The van der Waals surface area contributed by atoms with Gasteiger partial charge in [0, 0.05) is 6.04 Å². The van der Waals surface area contributed by atoms with Crippen molar-refractivity contribution in [1.29, 1.82) is 5.26 Å². The first-order chi connectivity index (χ1) is 12.4. The Labute approximate surface area is 156 Å². The van der Waals surface area contributed by atoms with Gasteiger partial charge in [-0.2, -0.15) is 5.26 Å². The molecule has 1 fully saturated rings. The van der Waals surface area contributed by atoms with Gasteiger partial charge in [0.25, 0.3) is 5.91 Å². The highest BCUT2D eigenvalue weighted by molar-refractivity contribution is 6.01. The zero-order valence-corrected chi connectivity index (χ0v) is 16.0. The van der Waals surface area contributed by atoms with Crippen LogP contribution in [0.2, 0.25) is 0 Å². The molecule has 1 saturated carbocycles. The molecule has 0 heterocycles. The molecular formula is C21H28N2O3. The zero-order chi connectivity index (χ0) is 19.1. The summed E-state index contributed by atoms with van der Waals surface area (Å²) >= 11 is 0. The summed E-state index contributed by atoms with van der Waals surface area (Å²) in [6.45, 7) is 6.04. The van der Waals surface area contributed by atoms with Gasteiger partial charge in [0.15, 0.2) is 11.5 Å². The van der Waals surface area contributed by atoms with E-state index in [0.29, 0.717) is 17.4 Å². The first-order valence-corrected chi connectivity index (χ1v) is 9.22. The molecule has 140 valence electrons. The second-order valence-electron chi connectivity index (χ2n) is 7.09. The second kappa shape index (κ2) is 9.28. The predicted octanol–water partition coefficient (Wildman–Crippen LogP) is 4.08. The monoisotopic (exact) mass is 356 g/mol. The number of hydrogen-bond acceptors (Lipinski definition) is 4. The number of rotatable bonds is 6. The van der Waals surface area contributed by atoms with Gasteiger partial charge in [0.1, 0.15) is 11.6 Å². The SMILES string of the molecule is COc1cc(/C=C(\C#N)C(=O)N[C@H]2CCCC[C@H]2C)ccc1OC(C)C. The van der Waals surface area contributed by atoms with E-state index >= 15 is 0 Å². The van der Waals surface area contributed by atoms with Crippen molar-refractivity contribution >= 4 is 12.0 Å². The van der Waals surface area contributed by atoms with Crippen LogP contribution in [0.5, 0.6) is 11.5 Å². The molecule has 1 N–H and O–H groups in total. The Hall–Kier alpha value is -2.48. The van der Waals surface area contributed by atoms with E-state index in [1.165, 1.54) is 6.42 Å². The molecule has 0 bridgehead atoms. The van der Waals surface area contributed by atoms with Gasteiger partial charge in [-0.25, -0.2) is 0 Å². The number of amides is 1. The number of hydrogen-bond donors (Lipinski definition) is 1. The van der Waals surface area contributed by atoms with E-state index in [-0.39, 0.29) is 23.6 Å². The van der Waals surface area contributed by atoms with Crippen LogP contribution in [0.1, 0.15) is 52.0 Å². The van der Waals surface area contributed by atoms with E-state index in [0.717, 1.165) is 24.8 Å². The molecule has 2 atom stereocenters. The highest BCUT2D eigenvalue weighted by atomic mass is 16.5. The largest absolute Gasteiger partial charge is 0.493 e. The number of carbonyl (C=O) groups is 1. The van der Waals surface area contributed by atoms with E-state index in [4.69, 9.17) is 9.47 Å². The topological polar surface area (TPSA) is 71.3 Å². The minimum Gasteiger partial charge on any atom is -0.493 e. The fraction of sp³-hybridized carbons (Fsp3) is 0.524. The minimum absolute atomic E-state index is 0.0308. The van der Waals surface area contributed by atoms with Gasteiger partial charge in [-0.15, -0.1) is 0 Å². The maximum absolute atomic E-state index is 12.5. The molecule has 0 radical (unpaired) electrons. The number of methoxy groups -OCH3 is 1. The summed E-state index contributed by atoms with van der Waals surface area (Å²) in [6.07, 6.45) is 6.04. The van der Waals surface area contributed by atoms with Gasteiger partial charge in [-0.3, -0.25) is 4.79 Å². The summed E-state index contributed by atoms with van der Waals surface area (Å²) in [5, 5.41) is 12.4. The third-order valence-corrected chi connectivity index (χ3v) is 4.65. The van der Waals surface area contributed by atoms with Crippen molar-refractivity contribution in [3.8, 4) is 17.6 Å². The van der Waals surface area contributed by atoms with E-state index in [2.05, 4.69) is 12.2 Å². The Bertz CT molecular complexity index is 704. The first kappa shape index (κ1) is 19.8. The van der Waals surface area contributed by atoms with Crippen LogP contribution in [0.25, 0.3) is 6.08 Å². The molecule has 26 heavy (non-hydrogen) atoms. The van der Waals surface area contributed by atoms with Crippen molar-refractivity contribution in [2.75, 3.05) is 7.11 Å². The van der Waals surface area contributed by atoms with Crippen LogP contribution in [0, 0.1) is 17.2 Å². The highest BCUT2D eigenvalue weighted by Gasteiger charge is 2.24. The maximum atomic E-state index is 12.5. The summed E-state index contributed by atoms with van der Waals surface area (Å²) in [4.78, 5) is 12.5. The molecule has 1 amide bonds. The Kier molecular flexibility index (Phi) is 7.08. The molecule has 1 aromatic carbocycles. The lowest BCUT2D eigenvalue weighted by Gasteiger charge is -2.29. The third kappa shape index (κ3) is 5.26. The molecule has 2 rings (SSSR count). The lowest BCUT2D eigenvalue weighted by Crippen LogP contribution is -2.41. The van der Waals surface area contributed by atoms with Crippen molar-refractivity contribution in [3.63, 3.8) is 0 Å². The molecule has 1 aliphatic rings. The third-order valence-electron chi connectivity index (χ3n) is 4.65. The van der Waals surface area contributed by atoms with E-state index in [1.54, 1.807) is 25.3 Å². The van der Waals surface area contributed by atoms with Crippen LogP contribution in [0.4, 0.5) is 0 Å². The molecule has 0 saturated heterocycles. The number of nitrogens with one attached hydrogen (secondary N) is 1. The fourth-order valence-electron chi connectivity index (χ4n) is 3.22. The maximum Gasteiger partial charge on any atom is 0.262 e. The Morgan fingerprint density at radius 2 is 2.04 bits per heavy atom. The van der Waals surface area contributed by atoms with Gasteiger partial charge < -0.3 is 14.8 Å². The van der Waals surface area contributed by atoms with Gasteiger partial charge in [-0.1, -0.05) is 25.8 Å². The number of ether oxygens (including phenoxy) is 2. The van der Waals surface area contributed by atoms with Crippen LogP contribution in [0.15, 0.2) is 23.8 Å². The van der Waals surface area contributed by atoms with Crippen LogP contribution in [0.3, 0.4) is 0 Å². The van der Waals surface area contributed by atoms with Crippen molar-refractivity contribution in [1.82, 2.24) is 5.32 Å². The summed E-state index contributed by atoms with van der Waals surface area (Å²) < 4.78 is 11.1. The Balaban J connectivity index is 2.16. The van der Waals surface area contributed by atoms with E-state index < -0.39 is 0 Å². The van der Waals surface area contributed by atoms with E-state index in [1.807, 2.05) is 26.0 Å². The fourth-order valence-corrected chi connectivity index (χ4v) is 3.22. The quantitative estimate of drug-likeness (QED) is 0.616. The molecule has 0 unspecified atom stereocenters. The van der Waals surface area contributed by atoms with Crippen molar-refractivity contribution in [3.05, 3.63) is 29.3 Å². The standard InChI is InChI=1S/C21H28N2O3/c1-14(2)26-19-10-9-16(12-20(19)25-4)11-17(13-22)21(24)23-18-8-6-5-7-15(18)3/h9-12,14-15,18H,5-8H2,1-4H3,(H,23,24)/b17-11+/t15-,18+/m1/s1. The van der Waals surface area contributed by atoms with E-state index in [9.17, 15) is 10.1 Å². The average molecular weight is 356 g/mol. The van der Waals surface area contributed by atoms with Crippen molar-refractivity contribution < 1.29 is 14.3 Å². The minimum atomic E-state index is -0.312. The molecule has 5 nitrogen and oxygen atoms in total. The van der Waals surface area contributed by atoms with Crippen LogP contribution in [-0.4, -0.2) is 25.2 Å². The van der Waals surface area contributed by atoms with Gasteiger partial charge in [-0.05, 0) is 56.4 Å². The smallest absolute Gasteiger partial charge is 0.262 e. The lowest BCUT2D eigenvalue weighted by atomic mass is 9.86. The molecule has 0 aromatic heterocycles. The average Bonchev–Trinajstić information content (AvgIpc) is 2.62. The van der Waals surface area contributed by atoms with Gasteiger partial charge >= 0.3 is 0 Å². The van der Waals surface area contributed by atoms with Crippen molar-refractivity contribution in [2.45, 2.75) is 58.6 Å². The molecule has 0 aliphatic heterocycles. The van der Waals surface area contributed by atoms with Crippen LogP contribution >= 0.6 is 0 Å². The molecule has 1 aliphatic carbocycles. The predicted molar refractivity (Wildman–Crippen MR) is 102 cm³/mol. The number of carbonyl (C=O) groups excluding carboxylic acids is 1. The molecular weight excluding hydrogens is 328 g/mol. The number of nitrogens with zero attached hydrogens (tertiary/aromatic N) is 1. The number of nitriles is 1. The molecule has 1 aromatic rings. The Morgan fingerprint density at radius 1 is 1.31 bits per heavy atom. The summed E-state index contributed by atoms with van der Waals surface area (Å²) in [5.74, 6) is 1.35. The van der Waals surface area contributed by atoms with Gasteiger partial charge in [0.2, 0.25) is 0 Å². The highest BCUT2D eigenvalue weighted by Crippen LogP contribution is 2.30. The number of benzene rings is 1. The summed E-state index contributed by atoms with van der Waals surface area (Å²) in [5.41, 5.74) is 0.823. The van der Waals surface area contributed by atoms with Crippen LogP contribution in [-0.2, 0) is 4.79 Å². The molecule has 5 heteroatoms. The summed E-state index contributed by atoms with van der Waals surface area (Å²) in [6, 6.07) is 7.53.